The van der Waals surface area contributed by atoms with Crippen molar-refractivity contribution in [1.82, 2.24) is 0 Å². The predicted molar refractivity (Wildman–Crippen MR) is 50.2 cm³/mol. The molecule has 0 bridgehead atoms. The number of Topliss-reactive ketones (excluding diaryl/α,β-unsaturated/α-hetero) is 1. The normalized spacial score (nSPS) is 11.8. The van der Waals surface area contributed by atoms with Gasteiger partial charge in [0.1, 0.15) is 5.78 Å². The molecular formula is C10H18O2. The minimum absolute atomic E-state index is 0.246. The highest BCUT2D eigenvalue weighted by molar-refractivity contribution is 5.75. The molecule has 0 aliphatic heterocycles. The number of hydrogen-bond acceptors (Lipinski definition) is 2. The minimum atomic E-state index is 0.246. The number of allylic oxidation sites excluding steroid dienone is 1. The molecule has 0 saturated heterocycles. The first kappa shape index (κ1) is 11.4. The highest BCUT2D eigenvalue weighted by Gasteiger charge is 1.91. The molecule has 0 fully saturated rings. The Bertz CT molecular complexity index is 159. The van der Waals surface area contributed by atoms with E-state index >= 15 is 0 Å². The first-order chi connectivity index (χ1) is 5.66. The smallest absolute Gasteiger partial charge is 0.130 e. The summed E-state index contributed by atoms with van der Waals surface area (Å²) in [6, 6.07) is 0. The first-order valence-electron chi connectivity index (χ1n) is 4.39. The van der Waals surface area contributed by atoms with Gasteiger partial charge in [0.15, 0.2) is 0 Å². The van der Waals surface area contributed by atoms with Crippen LogP contribution in [0.25, 0.3) is 0 Å². The summed E-state index contributed by atoms with van der Waals surface area (Å²) in [5.74, 6) is 0.246. The Morgan fingerprint density at radius 2 is 2.08 bits per heavy atom. The largest absolute Gasteiger partial charge is 0.377 e. The molecule has 0 aliphatic carbocycles. The van der Waals surface area contributed by atoms with Gasteiger partial charge in [-0.1, -0.05) is 11.6 Å². The van der Waals surface area contributed by atoms with Crippen LogP contribution in [0.1, 0.15) is 33.6 Å². The summed E-state index contributed by atoms with van der Waals surface area (Å²) in [4.78, 5) is 10.6. The van der Waals surface area contributed by atoms with Crippen LogP contribution in [0.3, 0.4) is 0 Å². The Morgan fingerprint density at radius 1 is 1.42 bits per heavy atom. The molecule has 0 aromatic rings. The molecule has 0 rings (SSSR count). The summed E-state index contributed by atoms with van der Waals surface area (Å²) < 4.78 is 5.20. The van der Waals surface area contributed by atoms with E-state index in [0.717, 1.165) is 13.0 Å². The maximum absolute atomic E-state index is 10.6. The summed E-state index contributed by atoms with van der Waals surface area (Å²) in [7, 11) is 0. The van der Waals surface area contributed by atoms with Crippen LogP contribution in [-0.2, 0) is 9.53 Å². The van der Waals surface area contributed by atoms with Gasteiger partial charge in [0.2, 0.25) is 0 Å². The molecule has 0 N–H and O–H groups in total. The van der Waals surface area contributed by atoms with E-state index in [2.05, 4.69) is 6.08 Å². The third-order valence-corrected chi connectivity index (χ3v) is 1.52. The summed E-state index contributed by atoms with van der Waals surface area (Å²) >= 11 is 0. The molecule has 0 aliphatic rings. The van der Waals surface area contributed by atoms with Crippen LogP contribution in [0.15, 0.2) is 11.6 Å². The molecule has 12 heavy (non-hydrogen) atoms. The van der Waals surface area contributed by atoms with Gasteiger partial charge in [-0.3, -0.25) is 0 Å². The fourth-order valence-corrected chi connectivity index (χ4v) is 0.844. The molecule has 2 nitrogen and oxygen atoms in total. The van der Waals surface area contributed by atoms with Crippen LogP contribution < -0.4 is 0 Å². The number of ether oxygens (including phenoxy) is 1. The summed E-state index contributed by atoms with van der Waals surface area (Å²) in [6.45, 7) is 7.05. The predicted octanol–water partition coefficient (Wildman–Crippen LogP) is 2.34. The lowest BCUT2D eigenvalue weighted by molar-refractivity contribution is -0.116. The van der Waals surface area contributed by atoms with Crippen LogP contribution in [0.5, 0.6) is 0 Å². The molecule has 0 heterocycles. The van der Waals surface area contributed by atoms with Crippen LogP contribution >= 0.6 is 0 Å². The highest BCUT2D eigenvalue weighted by atomic mass is 16.5. The Labute approximate surface area is 74.6 Å². The Kier molecular flexibility index (Phi) is 6.67. The molecule has 0 amide bonds. The lowest BCUT2D eigenvalue weighted by atomic mass is 10.2. The topological polar surface area (TPSA) is 26.3 Å². The second-order valence-corrected chi connectivity index (χ2v) is 2.93. The van der Waals surface area contributed by atoms with Crippen LogP contribution in [0.4, 0.5) is 0 Å². The van der Waals surface area contributed by atoms with E-state index in [1.807, 2.05) is 13.8 Å². The number of ketones is 1. The Morgan fingerprint density at radius 3 is 2.58 bits per heavy atom. The second kappa shape index (κ2) is 7.04. The fourth-order valence-electron chi connectivity index (χ4n) is 0.844. The summed E-state index contributed by atoms with van der Waals surface area (Å²) in [5.41, 5.74) is 1.21. The van der Waals surface area contributed by atoms with Gasteiger partial charge in [0, 0.05) is 13.0 Å². The fraction of sp³-hybridized carbons (Fsp3) is 0.700. The second-order valence-electron chi connectivity index (χ2n) is 2.93. The van der Waals surface area contributed by atoms with Crippen LogP contribution in [0.2, 0.25) is 0 Å². The van der Waals surface area contributed by atoms with Gasteiger partial charge in [-0.25, -0.2) is 0 Å². The molecular weight excluding hydrogens is 152 g/mol. The van der Waals surface area contributed by atoms with E-state index in [4.69, 9.17) is 4.74 Å². The highest BCUT2D eigenvalue weighted by Crippen LogP contribution is 1.99. The number of rotatable bonds is 6. The maximum Gasteiger partial charge on any atom is 0.130 e. The van der Waals surface area contributed by atoms with Crippen molar-refractivity contribution in [2.24, 2.45) is 0 Å². The number of carbonyl (C=O) groups excluding carboxylic acids is 1. The minimum Gasteiger partial charge on any atom is -0.377 e. The monoisotopic (exact) mass is 170 g/mol. The molecule has 0 spiro atoms. The molecule has 0 unspecified atom stereocenters. The Balaban J connectivity index is 3.47. The van der Waals surface area contributed by atoms with E-state index in [-0.39, 0.29) is 5.78 Å². The Hall–Kier alpha value is -0.630. The zero-order valence-corrected chi connectivity index (χ0v) is 8.22. The van der Waals surface area contributed by atoms with E-state index in [0.29, 0.717) is 13.0 Å². The van der Waals surface area contributed by atoms with Crippen molar-refractivity contribution in [3.8, 4) is 0 Å². The quantitative estimate of drug-likeness (QED) is 0.572. The summed E-state index contributed by atoms with van der Waals surface area (Å²) in [5, 5.41) is 0. The third-order valence-electron chi connectivity index (χ3n) is 1.52. The molecule has 0 atom stereocenters. The van der Waals surface area contributed by atoms with Gasteiger partial charge in [-0.15, -0.1) is 0 Å². The van der Waals surface area contributed by atoms with Gasteiger partial charge in [-0.05, 0) is 27.2 Å². The average Bonchev–Trinajstić information content (AvgIpc) is 2.00. The van der Waals surface area contributed by atoms with E-state index in [9.17, 15) is 4.79 Å². The van der Waals surface area contributed by atoms with E-state index < -0.39 is 0 Å². The SMILES string of the molecule is CCOCC(C)=CCCC(C)=O. The van der Waals surface area contributed by atoms with Crippen molar-refractivity contribution in [2.45, 2.75) is 33.6 Å². The standard InChI is InChI=1S/C10H18O2/c1-4-12-8-9(2)6-5-7-10(3)11/h6H,4-5,7-8H2,1-3H3. The van der Waals surface area contributed by atoms with Gasteiger partial charge in [0.25, 0.3) is 0 Å². The van der Waals surface area contributed by atoms with Crippen LogP contribution in [0, 0.1) is 0 Å². The summed E-state index contributed by atoms with van der Waals surface area (Å²) in [6.07, 6.45) is 3.55. The van der Waals surface area contributed by atoms with Crippen molar-refractivity contribution >= 4 is 5.78 Å². The van der Waals surface area contributed by atoms with Crippen molar-refractivity contribution in [3.05, 3.63) is 11.6 Å². The first-order valence-corrected chi connectivity index (χ1v) is 4.39. The lowest BCUT2D eigenvalue weighted by Gasteiger charge is -2.00. The zero-order chi connectivity index (χ0) is 9.40. The molecule has 0 aromatic carbocycles. The molecule has 0 saturated carbocycles. The molecule has 2 heteroatoms. The van der Waals surface area contributed by atoms with E-state index in [1.165, 1.54) is 5.57 Å². The lowest BCUT2D eigenvalue weighted by Crippen LogP contribution is -1.95. The van der Waals surface area contributed by atoms with E-state index in [1.54, 1.807) is 6.92 Å². The van der Waals surface area contributed by atoms with Gasteiger partial charge >= 0.3 is 0 Å². The van der Waals surface area contributed by atoms with Crippen molar-refractivity contribution in [1.29, 1.82) is 0 Å². The number of carbonyl (C=O) groups is 1. The van der Waals surface area contributed by atoms with Crippen LogP contribution in [-0.4, -0.2) is 19.0 Å². The van der Waals surface area contributed by atoms with Gasteiger partial charge in [-0.2, -0.15) is 0 Å². The van der Waals surface area contributed by atoms with Gasteiger partial charge in [0.05, 0.1) is 6.61 Å². The molecule has 70 valence electrons. The maximum atomic E-state index is 10.6. The molecule has 0 radical (unpaired) electrons. The number of hydrogen-bond donors (Lipinski definition) is 0. The third kappa shape index (κ3) is 7.48. The van der Waals surface area contributed by atoms with Crippen molar-refractivity contribution < 1.29 is 9.53 Å². The zero-order valence-electron chi connectivity index (χ0n) is 8.22. The van der Waals surface area contributed by atoms with Crippen molar-refractivity contribution in [2.75, 3.05) is 13.2 Å². The average molecular weight is 170 g/mol. The molecule has 0 aromatic heterocycles. The van der Waals surface area contributed by atoms with Crippen molar-refractivity contribution in [3.63, 3.8) is 0 Å². The van der Waals surface area contributed by atoms with Gasteiger partial charge < -0.3 is 9.53 Å².